The predicted molar refractivity (Wildman–Crippen MR) is 114 cm³/mol. The maximum Gasteiger partial charge on any atom is 0.256 e. The molecule has 1 saturated heterocycles. The summed E-state index contributed by atoms with van der Waals surface area (Å²) in [6, 6.07) is 11.5. The van der Waals surface area contributed by atoms with Crippen LogP contribution in [0.3, 0.4) is 0 Å². The van der Waals surface area contributed by atoms with Crippen LogP contribution in [0.2, 0.25) is 0 Å². The van der Waals surface area contributed by atoms with E-state index in [0.717, 1.165) is 31.7 Å². The molecule has 1 amide bonds. The number of aliphatic hydroxyl groups is 1. The fraction of sp³-hybridized carbons (Fsp3) is 0.409. The Morgan fingerprint density at radius 3 is 2.45 bits per heavy atom. The number of amides is 1. The molecule has 0 radical (unpaired) electrons. The number of anilines is 2. The molecule has 7 nitrogen and oxygen atoms in total. The molecule has 0 atom stereocenters. The normalized spacial score (nSPS) is 15.7. The molecule has 0 saturated carbocycles. The second-order valence-corrected chi connectivity index (χ2v) is 8.62. The molecule has 29 heavy (non-hydrogen) atoms. The largest absolute Gasteiger partial charge is 0.393 e. The second-order valence-electron chi connectivity index (χ2n) is 8.62. The summed E-state index contributed by atoms with van der Waals surface area (Å²) in [5, 5.41) is 17.1. The number of carbonyl (C=O) groups is 1. The zero-order valence-electron chi connectivity index (χ0n) is 17.1. The maximum absolute atomic E-state index is 12.6. The Bertz CT molecular complexity index is 1010. The highest BCUT2D eigenvalue weighted by atomic mass is 16.3. The molecule has 1 aliphatic rings. The van der Waals surface area contributed by atoms with Crippen LogP contribution in [0.1, 0.15) is 49.5 Å². The Kier molecular flexibility index (Phi) is 5.00. The average Bonchev–Trinajstić information content (AvgIpc) is 3.09. The molecule has 1 fully saturated rings. The van der Waals surface area contributed by atoms with Gasteiger partial charge in [0.05, 0.1) is 12.3 Å². The average molecular weight is 393 g/mol. The first kappa shape index (κ1) is 19.4. The van der Waals surface area contributed by atoms with Crippen LogP contribution in [0.4, 0.5) is 11.6 Å². The number of imidazole rings is 1. The molecule has 2 N–H and O–H groups in total. The molecule has 0 unspecified atom stereocenters. The van der Waals surface area contributed by atoms with Gasteiger partial charge in [-0.25, -0.2) is 9.50 Å². The van der Waals surface area contributed by atoms with E-state index in [1.165, 1.54) is 5.56 Å². The molecule has 1 aromatic carbocycles. The van der Waals surface area contributed by atoms with Gasteiger partial charge < -0.3 is 15.3 Å². The summed E-state index contributed by atoms with van der Waals surface area (Å²) in [4.78, 5) is 19.2. The van der Waals surface area contributed by atoms with E-state index in [0.29, 0.717) is 17.0 Å². The van der Waals surface area contributed by atoms with Crippen LogP contribution in [0.15, 0.2) is 42.6 Å². The van der Waals surface area contributed by atoms with Crippen LogP contribution in [-0.4, -0.2) is 44.8 Å². The van der Waals surface area contributed by atoms with E-state index >= 15 is 0 Å². The van der Waals surface area contributed by atoms with Gasteiger partial charge in [-0.15, -0.1) is 5.10 Å². The number of hydrogen-bond donors (Lipinski definition) is 2. The van der Waals surface area contributed by atoms with E-state index in [2.05, 4.69) is 41.1 Å². The third-order valence-electron chi connectivity index (χ3n) is 5.35. The number of aromatic nitrogens is 3. The lowest BCUT2D eigenvalue weighted by Gasteiger charge is -2.30. The first-order valence-corrected chi connectivity index (χ1v) is 10.0. The van der Waals surface area contributed by atoms with Gasteiger partial charge in [0.2, 0.25) is 0 Å². The van der Waals surface area contributed by atoms with Crippen LogP contribution >= 0.6 is 0 Å². The number of benzene rings is 1. The van der Waals surface area contributed by atoms with E-state index in [1.807, 2.05) is 36.4 Å². The van der Waals surface area contributed by atoms with E-state index in [9.17, 15) is 9.90 Å². The number of nitrogens with one attached hydrogen (secondary N) is 1. The van der Waals surface area contributed by atoms with Gasteiger partial charge in [-0.05, 0) is 48.1 Å². The Morgan fingerprint density at radius 2 is 1.79 bits per heavy atom. The second kappa shape index (κ2) is 7.48. The fourth-order valence-electron chi connectivity index (χ4n) is 3.51. The van der Waals surface area contributed by atoms with Gasteiger partial charge >= 0.3 is 0 Å². The van der Waals surface area contributed by atoms with Crippen molar-refractivity contribution in [3.05, 3.63) is 53.7 Å². The summed E-state index contributed by atoms with van der Waals surface area (Å²) in [5.74, 6) is 1.12. The van der Waals surface area contributed by atoms with Crippen molar-refractivity contribution < 1.29 is 9.90 Å². The molecule has 0 aliphatic carbocycles. The predicted octanol–water partition coefficient (Wildman–Crippen LogP) is 3.24. The number of fused-ring (bicyclic) bond motifs is 1. The van der Waals surface area contributed by atoms with Gasteiger partial charge in [-0.2, -0.15) is 0 Å². The van der Waals surface area contributed by atoms with Crippen LogP contribution in [-0.2, 0) is 5.41 Å². The minimum Gasteiger partial charge on any atom is -0.393 e. The highest BCUT2D eigenvalue weighted by Crippen LogP contribution is 2.23. The van der Waals surface area contributed by atoms with Gasteiger partial charge in [0, 0.05) is 18.7 Å². The molecule has 152 valence electrons. The number of rotatable bonds is 3. The molecule has 0 spiro atoms. The summed E-state index contributed by atoms with van der Waals surface area (Å²) in [6.07, 6.45) is 3.00. The summed E-state index contributed by atoms with van der Waals surface area (Å²) in [7, 11) is 0. The minimum atomic E-state index is -0.220. The van der Waals surface area contributed by atoms with Crippen LogP contribution < -0.4 is 10.2 Å². The summed E-state index contributed by atoms with van der Waals surface area (Å²) >= 11 is 0. The molecule has 3 aromatic rings. The van der Waals surface area contributed by atoms with Crippen molar-refractivity contribution in [1.82, 2.24) is 14.6 Å². The molecular formula is C22H27N5O2. The van der Waals surface area contributed by atoms with E-state index in [-0.39, 0.29) is 17.4 Å². The molecule has 0 bridgehead atoms. The highest BCUT2D eigenvalue weighted by Gasteiger charge is 2.19. The topological polar surface area (TPSA) is 82.8 Å². The standard InChI is InChI=1S/C22H27N5O2/c1-22(2,3)16-6-4-15(5-7-16)21(29)24-18-14-27-19(23-18)8-9-20(25-27)26-12-10-17(28)11-13-26/h4-9,14,17,28H,10-13H2,1-3H3,(H,24,29). The van der Waals surface area contributed by atoms with Crippen LogP contribution in [0.5, 0.6) is 0 Å². The van der Waals surface area contributed by atoms with Crippen molar-refractivity contribution in [3.63, 3.8) is 0 Å². The van der Waals surface area contributed by atoms with Gasteiger partial charge in [-0.1, -0.05) is 32.9 Å². The lowest BCUT2D eigenvalue weighted by Crippen LogP contribution is -2.36. The molecule has 7 heteroatoms. The van der Waals surface area contributed by atoms with Crippen molar-refractivity contribution in [1.29, 1.82) is 0 Å². The smallest absolute Gasteiger partial charge is 0.256 e. The summed E-state index contributed by atoms with van der Waals surface area (Å²) < 4.78 is 1.68. The van der Waals surface area contributed by atoms with Gasteiger partial charge in [-0.3, -0.25) is 4.79 Å². The molecule has 2 aromatic heterocycles. The number of nitrogens with zero attached hydrogens (tertiary/aromatic N) is 4. The van der Waals surface area contributed by atoms with Crippen molar-refractivity contribution in [2.45, 2.75) is 45.1 Å². The first-order chi connectivity index (χ1) is 13.8. The Balaban J connectivity index is 1.49. The SMILES string of the molecule is CC(C)(C)c1ccc(C(=O)Nc2cn3nc(N4CCC(O)CC4)ccc3n2)cc1. The van der Waals surface area contributed by atoms with E-state index in [1.54, 1.807) is 10.7 Å². The third kappa shape index (κ3) is 4.24. The Labute approximate surface area is 170 Å². The fourth-order valence-corrected chi connectivity index (χ4v) is 3.51. The monoisotopic (exact) mass is 393 g/mol. The van der Waals surface area contributed by atoms with Gasteiger partial charge in [0.1, 0.15) is 5.82 Å². The number of aliphatic hydroxyl groups excluding tert-OH is 1. The van der Waals surface area contributed by atoms with Crippen molar-refractivity contribution in [2.24, 2.45) is 0 Å². The van der Waals surface area contributed by atoms with Crippen molar-refractivity contribution in [3.8, 4) is 0 Å². The van der Waals surface area contributed by atoms with Crippen LogP contribution in [0.25, 0.3) is 5.65 Å². The Morgan fingerprint density at radius 1 is 1.10 bits per heavy atom. The summed E-state index contributed by atoms with van der Waals surface area (Å²) in [6.45, 7) is 8.00. The minimum absolute atomic E-state index is 0.0480. The number of carbonyl (C=O) groups excluding carboxylic acids is 1. The maximum atomic E-state index is 12.6. The lowest BCUT2D eigenvalue weighted by molar-refractivity contribution is 0.102. The molecular weight excluding hydrogens is 366 g/mol. The molecule has 3 heterocycles. The van der Waals surface area contributed by atoms with Gasteiger partial charge in [0.15, 0.2) is 11.5 Å². The molecule has 1 aliphatic heterocycles. The zero-order valence-corrected chi connectivity index (χ0v) is 17.1. The van der Waals surface area contributed by atoms with Crippen molar-refractivity contribution >= 4 is 23.2 Å². The van der Waals surface area contributed by atoms with E-state index < -0.39 is 0 Å². The number of hydrogen-bond acceptors (Lipinski definition) is 5. The molecule has 4 rings (SSSR count). The van der Waals surface area contributed by atoms with Gasteiger partial charge in [0.25, 0.3) is 5.91 Å². The number of piperidine rings is 1. The zero-order chi connectivity index (χ0) is 20.6. The lowest BCUT2D eigenvalue weighted by atomic mass is 9.87. The van der Waals surface area contributed by atoms with Crippen molar-refractivity contribution in [2.75, 3.05) is 23.3 Å². The van der Waals surface area contributed by atoms with E-state index in [4.69, 9.17) is 0 Å². The first-order valence-electron chi connectivity index (χ1n) is 10.0. The third-order valence-corrected chi connectivity index (χ3v) is 5.35. The highest BCUT2D eigenvalue weighted by molar-refractivity contribution is 6.03. The Hall–Kier alpha value is -2.93. The van der Waals surface area contributed by atoms with Crippen LogP contribution in [0, 0.1) is 0 Å². The summed E-state index contributed by atoms with van der Waals surface area (Å²) in [5.41, 5.74) is 2.50. The quantitative estimate of drug-likeness (QED) is 0.714.